The second kappa shape index (κ2) is 9.36. The summed E-state index contributed by atoms with van der Waals surface area (Å²) >= 11 is 0. The fourth-order valence-corrected chi connectivity index (χ4v) is 3.48. The van der Waals surface area contributed by atoms with E-state index in [1.807, 2.05) is 30.9 Å². The van der Waals surface area contributed by atoms with Gasteiger partial charge in [-0.15, -0.1) is 0 Å². The molecular formula is C22H24F3N3O3. The van der Waals surface area contributed by atoms with Crippen LogP contribution in [0.25, 0.3) is 0 Å². The lowest BCUT2D eigenvalue weighted by Crippen LogP contribution is -2.38. The second-order valence-corrected chi connectivity index (χ2v) is 7.64. The molecule has 1 aromatic carbocycles. The Morgan fingerprint density at radius 3 is 2.45 bits per heavy atom. The van der Waals surface area contributed by atoms with E-state index < -0.39 is 23.6 Å². The van der Waals surface area contributed by atoms with Gasteiger partial charge in [-0.25, -0.2) is 4.98 Å². The minimum atomic E-state index is -4.42. The summed E-state index contributed by atoms with van der Waals surface area (Å²) in [7, 11) is 0. The lowest BCUT2D eigenvalue weighted by Gasteiger charge is -2.31. The van der Waals surface area contributed by atoms with Gasteiger partial charge in [-0.2, -0.15) is 13.2 Å². The summed E-state index contributed by atoms with van der Waals surface area (Å²) in [5, 5.41) is 2.73. The van der Waals surface area contributed by atoms with Crippen molar-refractivity contribution in [1.29, 1.82) is 0 Å². The highest BCUT2D eigenvalue weighted by atomic mass is 19.4. The highest BCUT2D eigenvalue weighted by Crippen LogP contribution is 2.30. The Morgan fingerprint density at radius 1 is 1.16 bits per heavy atom. The maximum Gasteiger partial charge on any atom is 0.417 e. The molecule has 1 aliphatic rings. The van der Waals surface area contributed by atoms with Crippen LogP contribution in [-0.4, -0.2) is 36.6 Å². The highest BCUT2D eigenvalue weighted by Gasteiger charge is 2.31. The molecule has 166 valence electrons. The lowest BCUT2D eigenvalue weighted by molar-refractivity contribution is -0.152. The number of ether oxygens (including phenoxy) is 1. The van der Waals surface area contributed by atoms with E-state index in [0.717, 1.165) is 23.4 Å². The number of alkyl halides is 3. The van der Waals surface area contributed by atoms with E-state index in [1.165, 1.54) is 6.07 Å². The number of aromatic nitrogens is 1. The SMILES string of the molecule is Cc1ccc(NC(=O)COC(=O)C2CCN(c3ccc(C(F)(F)F)cn3)CC2)c(C)c1. The van der Waals surface area contributed by atoms with Crippen LogP contribution < -0.4 is 10.2 Å². The molecule has 0 spiro atoms. The Morgan fingerprint density at radius 2 is 1.87 bits per heavy atom. The third-order valence-corrected chi connectivity index (χ3v) is 5.23. The second-order valence-electron chi connectivity index (χ2n) is 7.64. The normalized spacial score (nSPS) is 14.9. The molecule has 1 aliphatic heterocycles. The maximum absolute atomic E-state index is 12.7. The predicted molar refractivity (Wildman–Crippen MR) is 110 cm³/mol. The van der Waals surface area contributed by atoms with Crippen LogP contribution >= 0.6 is 0 Å². The Hall–Kier alpha value is -3.10. The number of carbonyl (C=O) groups excluding carboxylic acids is 2. The number of benzene rings is 1. The van der Waals surface area contributed by atoms with E-state index >= 15 is 0 Å². The van der Waals surface area contributed by atoms with Gasteiger partial charge < -0.3 is 15.0 Å². The molecule has 1 N–H and O–H groups in total. The molecule has 31 heavy (non-hydrogen) atoms. The van der Waals surface area contributed by atoms with Crippen molar-refractivity contribution in [1.82, 2.24) is 4.98 Å². The monoisotopic (exact) mass is 435 g/mol. The van der Waals surface area contributed by atoms with Crippen molar-refractivity contribution in [3.05, 3.63) is 53.2 Å². The van der Waals surface area contributed by atoms with Crippen molar-refractivity contribution < 1.29 is 27.5 Å². The van der Waals surface area contributed by atoms with Crippen LogP contribution in [0.1, 0.15) is 29.5 Å². The number of carbonyl (C=O) groups is 2. The lowest BCUT2D eigenvalue weighted by atomic mass is 9.97. The maximum atomic E-state index is 12.7. The largest absolute Gasteiger partial charge is 0.455 e. The van der Waals surface area contributed by atoms with E-state index in [9.17, 15) is 22.8 Å². The van der Waals surface area contributed by atoms with Crippen molar-refractivity contribution in [2.45, 2.75) is 32.9 Å². The Bertz CT molecular complexity index is 937. The van der Waals surface area contributed by atoms with Gasteiger partial charge in [0.1, 0.15) is 5.82 Å². The first kappa shape index (κ1) is 22.6. The first-order chi connectivity index (χ1) is 14.6. The number of amides is 1. The molecule has 0 bridgehead atoms. The van der Waals surface area contributed by atoms with Crippen LogP contribution in [0.5, 0.6) is 0 Å². The van der Waals surface area contributed by atoms with E-state index in [1.54, 1.807) is 6.07 Å². The zero-order chi connectivity index (χ0) is 22.6. The number of nitrogens with zero attached hydrogens (tertiary/aromatic N) is 2. The average Bonchev–Trinajstić information content (AvgIpc) is 2.73. The van der Waals surface area contributed by atoms with Crippen LogP contribution in [0.3, 0.4) is 0 Å². The number of aryl methyl sites for hydroxylation is 2. The highest BCUT2D eigenvalue weighted by molar-refractivity contribution is 5.93. The zero-order valence-corrected chi connectivity index (χ0v) is 17.3. The molecule has 0 atom stereocenters. The van der Waals surface area contributed by atoms with Crippen LogP contribution in [0, 0.1) is 19.8 Å². The summed E-state index contributed by atoms with van der Waals surface area (Å²) in [6.45, 7) is 4.40. The van der Waals surface area contributed by atoms with Gasteiger partial charge >= 0.3 is 12.1 Å². The van der Waals surface area contributed by atoms with E-state index in [4.69, 9.17) is 4.74 Å². The summed E-state index contributed by atoms with van der Waals surface area (Å²) in [6, 6.07) is 7.96. The summed E-state index contributed by atoms with van der Waals surface area (Å²) in [4.78, 5) is 30.1. The molecule has 2 aromatic rings. The summed E-state index contributed by atoms with van der Waals surface area (Å²) in [5.74, 6) is -0.783. The first-order valence-corrected chi connectivity index (χ1v) is 9.95. The minimum absolute atomic E-state index is 0.361. The number of hydrogen-bond donors (Lipinski definition) is 1. The predicted octanol–water partition coefficient (Wildman–Crippen LogP) is 4.12. The van der Waals surface area contributed by atoms with Crippen molar-refractivity contribution >= 4 is 23.4 Å². The first-order valence-electron chi connectivity index (χ1n) is 9.95. The summed E-state index contributed by atoms with van der Waals surface area (Å²) < 4.78 is 43.1. The van der Waals surface area contributed by atoms with Crippen molar-refractivity contribution in [2.24, 2.45) is 5.92 Å². The van der Waals surface area contributed by atoms with Gasteiger partial charge in [-0.05, 0) is 50.5 Å². The number of hydrogen-bond acceptors (Lipinski definition) is 5. The summed E-state index contributed by atoms with van der Waals surface area (Å²) in [5.41, 5.74) is 1.88. The summed E-state index contributed by atoms with van der Waals surface area (Å²) in [6.07, 6.45) is -2.67. The van der Waals surface area contributed by atoms with Gasteiger partial charge in [-0.1, -0.05) is 17.7 Å². The van der Waals surface area contributed by atoms with Crippen LogP contribution in [0.15, 0.2) is 36.5 Å². The molecule has 1 aromatic heterocycles. The smallest absolute Gasteiger partial charge is 0.417 e. The molecule has 1 saturated heterocycles. The molecule has 0 saturated carbocycles. The van der Waals surface area contributed by atoms with Crippen molar-refractivity contribution in [3.8, 4) is 0 Å². The fourth-order valence-electron chi connectivity index (χ4n) is 3.48. The number of halogens is 3. The van der Waals surface area contributed by atoms with Crippen LogP contribution in [0.2, 0.25) is 0 Å². The van der Waals surface area contributed by atoms with E-state index in [2.05, 4.69) is 10.3 Å². The molecule has 3 rings (SSSR count). The Labute approximate surface area is 178 Å². The molecule has 6 nitrogen and oxygen atoms in total. The van der Waals surface area contributed by atoms with Crippen molar-refractivity contribution in [2.75, 3.05) is 29.9 Å². The van der Waals surface area contributed by atoms with Gasteiger partial charge in [0.25, 0.3) is 5.91 Å². The molecule has 0 unspecified atom stereocenters. The number of esters is 1. The number of pyridine rings is 1. The molecule has 0 aliphatic carbocycles. The van der Waals surface area contributed by atoms with Crippen molar-refractivity contribution in [3.63, 3.8) is 0 Å². The number of piperidine rings is 1. The minimum Gasteiger partial charge on any atom is -0.455 e. The van der Waals surface area contributed by atoms with Gasteiger partial charge in [0, 0.05) is 25.0 Å². The molecular weight excluding hydrogens is 411 g/mol. The molecule has 1 fully saturated rings. The fraction of sp³-hybridized carbons (Fsp3) is 0.409. The van der Waals surface area contributed by atoms with E-state index in [0.29, 0.717) is 37.4 Å². The molecule has 0 radical (unpaired) electrons. The van der Waals surface area contributed by atoms with Gasteiger partial charge in [0.2, 0.25) is 0 Å². The number of rotatable bonds is 5. The Kier molecular flexibility index (Phi) is 6.82. The van der Waals surface area contributed by atoms with Crippen LogP contribution in [-0.2, 0) is 20.5 Å². The molecule has 1 amide bonds. The third-order valence-electron chi connectivity index (χ3n) is 5.23. The Balaban J connectivity index is 1.45. The zero-order valence-electron chi connectivity index (χ0n) is 17.3. The quantitative estimate of drug-likeness (QED) is 0.716. The topological polar surface area (TPSA) is 71.5 Å². The van der Waals surface area contributed by atoms with E-state index in [-0.39, 0.29) is 12.5 Å². The standard InChI is InChI=1S/C22H24F3N3O3/c1-14-3-5-18(15(2)11-14)27-20(29)13-31-21(30)16-7-9-28(10-8-16)19-6-4-17(12-26-19)22(23,24)25/h3-6,11-12,16H,7-10,13H2,1-2H3,(H,27,29). The van der Waals surface area contributed by atoms with Crippen LogP contribution in [0.4, 0.5) is 24.7 Å². The van der Waals surface area contributed by atoms with Gasteiger partial charge in [0.15, 0.2) is 6.61 Å². The molecule has 2 heterocycles. The van der Waals surface area contributed by atoms with Gasteiger partial charge in [0.05, 0.1) is 11.5 Å². The third kappa shape index (κ3) is 5.96. The number of nitrogens with one attached hydrogen (secondary N) is 1. The van der Waals surface area contributed by atoms with Gasteiger partial charge in [-0.3, -0.25) is 9.59 Å². The number of anilines is 2. The average molecular weight is 435 g/mol. The molecule has 9 heteroatoms.